The number of benzene rings is 1. The molecule has 0 radical (unpaired) electrons. The minimum Gasteiger partial charge on any atom is -0.497 e. The Labute approximate surface area is 173 Å². The summed E-state index contributed by atoms with van der Waals surface area (Å²) in [5, 5.41) is 0. The Morgan fingerprint density at radius 2 is 1.86 bits per heavy atom. The quantitative estimate of drug-likeness (QED) is 0.203. The molecule has 0 saturated carbocycles. The van der Waals surface area contributed by atoms with Crippen LogP contribution >= 0.6 is 0 Å². The molecule has 1 atom stereocenters. The van der Waals surface area contributed by atoms with Gasteiger partial charge in [-0.15, -0.1) is 6.58 Å². The first kappa shape index (κ1) is 23.8. The second-order valence-electron chi connectivity index (χ2n) is 7.54. The third-order valence-electron chi connectivity index (χ3n) is 5.40. The second-order valence-corrected chi connectivity index (χ2v) is 7.54. The van der Waals surface area contributed by atoms with E-state index in [9.17, 15) is 0 Å². The van der Waals surface area contributed by atoms with Crippen LogP contribution in [0.25, 0.3) is 6.08 Å². The van der Waals surface area contributed by atoms with Gasteiger partial charge in [-0.1, -0.05) is 69.3 Å². The molecule has 1 aromatic carbocycles. The Hall–Kier alpha value is -2.28. The summed E-state index contributed by atoms with van der Waals surface area (Å²) in [4.78, 5) is 0. The number of aryl methyl sites for hydroxylation is 2. The topological polar surface area (TPSA) is 9.23 Å². The smallest absolute Gasteiger partial charge is 0.114 e. The van der Waals surface area contributed by atoms with Gasteiger partial charge in [-0.3, -0.25) is 0 Å². The fourth-order valence-corrected chi connectivity index (χ4v) is 3.41. The van der Waals surface area contributed by atoms with Crippen LogP contribution < -0.4 is 0 Å². The highest BCUT2D eigenvalue weighted by atomic mass is 16.5. The fraction of sp³-hybridized carbons (Fsp3) is 0.407. The number of allylic oxidation sites excluding steroid dienone is 5. The summed E-state index contributed by atoms with van der Waals surface area (Å²) in [6, 6.07) is 6.57. The van der Waals surface area contributed by atoms with Gasteiger partial charge in [0.15, 0.2) is 0 Å². The van der Waals surface area contributed by atoms with Gasteiger partial charge in [-0.25, -0.2) is 0 Å². The molecule has 0 fully saturated rings. The lowest BCUT2D eigenvalue weighted by molar-refractivity contribution is 0.298. The van der Waals surface area contributed by atoms with E-state index in [0.717, 1.165) is 49.0 Å². The van der Waals surface area contributed by atoms with Crippen molar-refractivity contribution in [2.24, 2.45) is 5.92 Å². The molecular weight excluding hydrogens is 340 g/mol. The van der Waals surface area contributed by atoms with Crippen LogP contribution in [-0.4, -0.2) is 7.11 Å². The van der Waals surface area contributed by atoms with Crippen molar-refractivity contribution in [2.45, 2.75) is 59.8 Å². The van der Waals surface area contributed by atoms with Gasteiger partial charge < -0.3 is 4.74 Å². The normalized spacial score (nSPS) is 13.2. The van der Waals surface area contributed by atoms with E-state index in [1.807, 2.05) is 6.08 Å². The maximum atomic E-state index is 5.46. The molecule has 0 aliphatic rings. The highest BCUT2D eigenvalue weighted by molar-refractivity contribution is 5.63. The Morgan fingerprint density at radius 3 is 2.39 bits per heavy atom. The molecule has 0 N–H and O–H groups in total. The van der Waals surface area contributed by atoms with Crippen molar-refractivity contribution < 1.29 is 4.74 Å². The lowest BCUT2D eigenvalue weighted by Gasteiger charge is -2.16. The number of rotatable bonds is 12. The van der Waals surface area contributed by atoms with Gasteiger partial charge >= 0.3 is 0 Å². The van der Waals surface area contributed by atoms with E-state index in [1.165, 1.54) is 22.3 Å². The highest BCUT2D eigenvalue weighted by Gasteiger charge is 2.11. The monoisotopic (exact) mass is 378 g/mol. The van der Waals surface area contributed by atoms with Crippen molar-refractivity contribution in [1.82, 2.24) is 0 Å². The van der Waals surface area contributed by atoms with E-state index >= 15 is 0 Å². The third kappa shape index (κ3) is 7.38. The predicted molar refractivity (Wildman–Crippen MR) is 125 cm³/mol. The molecule has 1 unspecified atom stereocenters. The number of hydrogen-bond acceptors (Lipinski definition) is 1. The predicted octanol–water partition coefficient (Wildman–Crippen LogP) is 8.12. The van der Waals surface area contributed by atoms with Gasteiger partial charge in [-0.05, 0) is 79.4 Å². The van der Waals surface area contributed by atoms with Crippen LogP contribution in [0.4, 0.5) is 0 Å². The largest absolute Gasteiger partial charge is 0.497 e. The SMILES string of the molecule is C=CCC(CC)CC/C(=C/C(=C)/C(=C/c1ccc(C)cc1C)CC)C(=C)OC. The van der Waals surface area contributed by atoms with E-state index in [0.29, 0.717) is 5.92 Å². The molecule has 0 heterocycles. The summed E-state index contributed by atoms with van der Waals surface area (Å²) in [5.41, 5.74) is 7.24. The van der Waals surface area contributed by atoms with Crippen molar-refractivity contribution in [2.75, 3.05) is 7.11 Å². The van der Waals surface area contributed by atoms with Gasteiger partial charge in [0.1, 0.15) is 5.76 Å². The molecule has 0 saturated heterocycles. The summed E-state index contributed by atoms with van der Waals surface area (Å²) in [6.45, 7) is 21.0. The molecule has 0 bridgehead atoms. The number of hydrogen-bond donors (Lipinski definition) is 0. The Kier molecular flexibility index (Phi) is 10.4. The standard InChI is InChI=1S/C27H38O/c1-9-12-24(10-2)14-16-27(23(7)28-8)18-22(6)25(11-3)19-26-15-13-20(4)17-21(26)5/h9,13,15,17-19,24H,1,6-7,10-12,14,16H2,2-5,8H3/b25-19+,27-18-. The van der Waals surface area contributed by atoms with E-state index in [2.05, 4.69) is 77.8 Å². The van der Waals surface area contributed by atoms with E-state index in [1.54, 1.807) is 7.11 Å². The average Bonchev–Trinajstić information content (AvgIpc) is 2.68. The molecule has 1 heteroatoms. The number of methoxy groups -OCH3 is 1. The second kappa shape index (κ2) is 12.2. The molecule has 152 valence electrons. The summed E-state index contributed by atoms with van der Waals surface area (Å²) < 4.78 is 5.46. The average molecular weight is 379 g/mol. The van der Waals surface area contributed by atoms with Gasteiger partial charge in [-0.2, -0.15) is 0 Å². The zero-order chi connectivity index (χ0) is 21.1. The van der Waals surface area contributed by atoms with Crippen LogP contribution in [0.5, 0.6) is 0 Å². The maximum absolute atomic E-state index is 5.46. The first-order chi connectivity index (χ1) is 13.4. The Balaban J connectivity index is 3.09. The first-order valence-corrected chi connectivity index (χ1v) is 10.4. The molecule has 28 heavy (non-hydrogen) atoms. The van der Waals surface area contributed by atoms with Gasteiger partial charge in [0.2, 0.25) is 0 Å². The van der Waals surface area contributed by atoms with E-state index in [-0.39, 0.29) is 0 Å². The van der Waals surface area contributed by atoms with Crippen molar-refractivity contribution in [3.63, 3.8) is 0 Å². The molecule has 0 aliphatic heterocycles. The molecule has 1 aromatic rings. The summed E-state index contributed by atoms with van der Waals surface area (Å²) in [6.07, 6.45) is 11.6. The summed E-state index contributed by atoms with van der Waals surface area (Å²) in [5.74, 6) is 1.38. The fourth-order valence-electron chi connectivity index (χ4n) is 3.41. The molecule has 1 nitrogen and oxygen atoms in total. The first-order valence-electron chi connectivity index (χ1n) is 10.4. The van der Waals surface area contributed by atoms with Crippen LogP contribution in [0.3, 0.4) is 0 Å². The zero-order valence-electron chi connectivity index (χ0n) is 18.6. The lowest BCUT2D eigenvalue weighted by atomic mass is 9.91. The molecule has 0 aromatic heterocycles. The van der Waals surface area contributed by atoms with Crippen LogP contribution in [0.15, 0.2) is 72.6 Å². The summed E-state index contributed by atoms with van der Waals surface area (Å²) >= 11 is 0. The highest BCUT2D eigenvalue weighted by Crippen LogP contribution is 2.27. The third-order valence-corrected chi connectivity index (χ3v) is 5.40. The minimum absolute atomic E-state index is 0.648. The molecule has 0 aliphatic carbocycles. The Morgan fingerprint density at radius 1 is 1.14 bits per heavy atom. The zero-order valence-corrected chi connectivity index (χ0v) is 18.6. The number of ether oxygens (including phenoxy) is 1. The molecular formula is C27H38O. The van der Waals surface area contributed by atoms with Gasteiger partial charge in [0.05, 0.1) is 7.11 Å². The molecule has 1 rings (SSSR count). The molecule has 0 spiro atoms. The molecule has 0 amide bonds. The van der Waals surface area contributed by atoms with Gasteiger partial charge in [0, 0.05) is 0 Å². The lowest BCUT2D eigenvalue weighted by Crippen LogP contribution is -2.01. The van der Waals surface area contributed by atoms with E-state index < -0.39 is 0 Å². The summed E-state index contributed by atoms with van der Waals surface area (Å²) in [7, 11) is 1.69. The van der Waals surface area contributed by atoms with Crippen molar-refractivity contribution in [1.29, 1.82) is 0 Å². The van der Waals surface area contributed by atoms with Gasteiger partial charge in [0.25, 0.3) is 0 Å². The van der Waals surface area contributed by atoms with Crippen molar-refractivity contribution in [3.05, 3.63) is 89.3 Å². The van der Waals surface area contributed by atoms with Crippen LogP contribution in [0.1, 0.15) is 62.6 Å². The van der Waals surface area contributed by atoms with Crippen LogP contribution in [0, 0.1) is 19.8 Å². The van der Waals surface area contributed by atoms with E-state index in [4.69, 9.17) is 4.74 Å². The van der Waals surface area contributed by atoms with Crippen molar-refractivity contribution >= 4 is 6.08 Å². The maximum Gasteiger partial charge on any atom is 0.114 e. The van der Waals surface area contributed by atoms with Crippen molar-refractivity contribution in [3.8, 4) is 0 Å². The van der Waals surface area contributed by atoms with Crippen LogP contribution in [-0.2, 0) is 4.74 Å². The Bertz CT molecular complexity index is 746. The minimum atomic E-state index is 0.648. The van der Waals surface area contributed by atoms with Crippen LogP contribution in [0.2, 0.25) is 0 Å².